The number of ether oxygens (including phenoxy) is 1. The maximum atomic E-state index is 13.3. The number of nitrogens with one attached hydrogen (secondary N) is 1. The molecule has 160 valence electrons. The van der Waals surface area contributed by atoms with Crippen molar-refractivity contribution in [3.8, 4) is 5.75 Å². The zero-order valence-electron chi connectivity index (χ0n) is 17.7. The fourth-order valence-corrected chi connectivity index (χ4v) is 4.32. The Morgan fingerprint density at radius 2 is 1.87 bits per heavy atom. The van der Waals surface area contributed by atoms with Crippen molar-refractivity contribution in [2.45, 2.75) is 51.4 Å². The van der Waals surface area contributed by atoms with Gasteiger partial charge in [-0.2, -0.15) is 0 Å². The molecule has 1 atom stereocenters. The molecule has 2 aromatic carbocycles. The van der Waals surface area contributed by atoms with Crippen molar-refractivity contribution in [3.63, 3.8) is 0 Å². The Labute approximate surface area is 177 Å². The summed E-state index contributed by atoms with van der Waals surface area (Å²) in [5, 5.41) is 3.10. The van der Waals surface area contributed by atoms with Crippen molar-refractivity contribution < 1.29 is 13.9 Å². The third-order valence-corrected chi connectivity index (χ3v) is 6.06. The monoisotopic (exact) mass is 411 g/mol. The van der Waals surface area contributed by atoms with Gasteiger partial charge in [0.25, 0.3) is 0 Å². The van der Waals surface area contributed by atoms with Crippen molar-refractivity contribution >= 4 is 6.03 Å². The first-order valence-corrected chi connectivity index (χ1v) is 10.7. The second-order valence-electron chi connectivity index (χ2n) is 8.52. The molecule has 1 unspecified atom stereocenters. The van der Waals surface area contributed by atoms with Crippen LogP contribution in [0.5, 0.6) is 5.75 Å². The number of hydrogen-bond acceptors (Lipinski definition) is 3. The van der Waals surface area contributed by atoms with Gasteiger partial charge >= 0.3 is 6.03 Å². The van der Waals surface area contributed by atoms with Crippen molar-refractivity contribution in [2.75, 3.05) is 20.1 Å². The van der Waals surface area contributed by atoms with E-state index in [0.29, 0.717) is 13.1 Å². The SMILES string of the molecule is CC1Cc2cc(CNC(=O)N(Cc3ccc(F)cc3)C3CCN(C)CC3)ccc2O1. The minimum absolute atomic E-state index is 0.0704. The molecule has 2 heterocycles. The minimum atomic E-state index is -0.260. The van der Waals surface area contributed by atoms with Gasteiger partial charge in [-0.15, -0.1) is 0 Å². The summed E-state index contributed by atoms with van der Waals surface area (Å²) in [6, 6.07) is 12.7. The minimum Gasteiger partial charge on any atom is -0.490 e. The van der Waals surface area contributed by atoms with E-state index in [4.69, 9.17) is 4.74 Å². The summed E-state index contributed by atoms with van der Waals surface area (Å²) in [4.78, 5) is 17.4. The molecule has 1 N–H and O–H groups in total. The van der Waals surface area contributed by atoms with Crippen LogP contribution in [0.25, 0.3) is 0 Å². The molecule has 6 heteroatoms. The molecule has 2 amide bonds. The number of hydrogen-bond donors (Lipinski definition) is 1. The average Bonchev–Trinajstić information content (AvgIpc) is 3.11. The third kappa shape index (κ3) is 4.93. The largest absolute Gasteiger partial charge is 0.490 e. The number of nitrogens with zero attached hydrogens (tertiary/aromatic N) is 2. The first kappa shape index (κ1) is 20.7. The highest BCUT2D eigenvalue weighted by Crippen LogP contribution is 2.29. The molecule has 0 aromatic heterocycles. The average molecular weight is 412 g/mol. The Balaban J connectivity index is 1.43. The molecule has 2 aromatic rings. The number of amides is 2. The summed E-state index contributed by atoms with van der Waals surface area (Å²) in [7, 11) is 2.11. The fourth-order valence-electron chi connectivity index (χ4n) is 4.32. The highest BCUT2D eigenvalue weighted by molar-refractivity contribution is 5.74. The summed E-state index contributed by atoms with van der Waals surface area (Å²) in [6.45, 7) is 4.97. The first-order chi connectivity index (χ1) is 14.5. The topological polar surface area (TPSA) is 44.8 Å². The van der Waals surface area contributed by atoms with E-state index in [1.54, 1.807) is 12.1 Å². The quantitative estimate of drug-likeness (QED) is 0.810. The second kappa shape index (κ2) is 9.04. The molecule has 0 aliphatic carbocycles. The predicted octanol–water partition coefficient (Wildman–Crippen LogP) is 3.96. The number of piperidine rings is 1. The van der Waals surface area contributed by atoms with Crippen LogP contribution in [0.2, 0.25) is 0 Å². The van der Waals surface area contributed by atoms with Crippen molar-refractivity contribution in [2.24, 2.45) is 0 Å². The molecule has 2 aliphatic rings. The molecular weight excluding hydrogens is 381 g/mol. The lowest BCUT2D eigenvalue weighted by Gasteiger charge is -2.37. The number of fused-ring (bicyclic) bond motifs is 1. The maximum absolute atomic E-state index is 13.3. The molecule has 1 fully saturated rings. The standard InChI is InChI=1S/C24H30FN3O2/c1-17-13-20-14-19(5-8-23(20)30-17)15-26-24(29)28(22-9-11-27(2)12-10-22)16-18-3-6-21(25)7-4-18/h3-8,14,17,22H,9-13,15-16H2,1-2H3,(H,26,29). The van der Waals surface area contributed by atoms with Crippen LogP contribution >= 0.6 is 0 Å². The Morgan fingerprint density at radius 1 is 1.17 bits per heavy atom. The van der Waals surface area contributed by atoms with Crippen LogP contribution in [0.15, 0.2) is 42.5 Å². The lowest BCUT2D eigenvalue weighted by atomic mass is 10.0. The number of likely N-dealkylation sites (tertiary alicyclic amines) is 1. The van der Waals surface area contributed by atoms with E-state index in [0.717, 1.165) is 49.2 Å². The zero-order valence-corrected chi connectivity index (χ0v) is 17.7. The summed E-state index contributed by atoms with van der Waals surface area (Å²) in [5.41, 5.74) is 3.21. The van der Waals surface area contributed by atoms with Crippen LogP contribution in [0.1, 0.15) is 36.5 Å². The summed E-state index contributed by atoms with van der Waals surface area (Å²) < 4.78 is 19.1. The van der Waals surface area contributed by atoms with E-state index in [1.165, 1.54) is 17.7 Å². The van der Waals surface area contributed by atoms with Gasteiger partial charge in [0, 0.05) is 25.6 Å². The van der Waals surface area contributed by atoms with Gasteiger partial charge in [-0.3, -0.25) is 0 Å². The van der Waals surface area contributed by atoms with Crippen LogP contribution in [-0.2, 0) is 19.5 Å². The molecule has 0 saturated carbocycles. The zero-order chi connectivity index (χ0) is 21.1. The molecule has 30 heavy (non-hydrogen) atoms. The molecule has 4 rings (SSSR count). The highest BCUT2D eigenvalue weighted by atomic mass is 19.1. The smallest absolute Gasteiger partial charge is 0.318 e. The Kier molecular flexibility index (Phi) is 6.23. The number of carbonyl (C=O) groups excluding carboxylic acids is 1. The van der Waals surface area contributed by atoms with E-state index in [2.05, 4.69) is 30.3 Å². The summed E-state index contributed by atoms with van der Waals surface area (Å²) >= 11 is 0. The normalized spacial score (nSPS) is 19.2. The van der Waals surface area contributed by atoms with E-state index >= 15 is 0 Å². The highest BCUT2D eigenvalue weighted by Gasteiger charge is 2.27. The van der Waals surface area contributed by atoms with Gasteiger partial charge in [-0.1, -0.05) is 24.3 Å². The molecule has 0 spiro atoms. The van der Waals surface area contributed by atoms with Gasteiger partial charge < -0.3 is 19.9 Å². The summed E-state index contributed by atoms with van der Waals surface area (Å²) in [5.74, 6) is 0.686. The lowest BCUT2D eigenvalue weighted by Crippen LogP contribution is -2.49. The van der Waals surface area contributed by atoms with E-state index in [1.807, 2.05) is 17.0 Å². The predicted molar refractivity (Wildman–Crippen MR) is 115 cm³/mol. The molecular formula is C24H30FN3O2. The van der Waals surface area contributed by atoms with Crippen molar-refractivity contribution in [3.05, 3.63) is 65.0 Å². The van der Waals surface area contributed by atoms with Crippen LogP contribution in [0.3, 0.4) is 0 Å². The van der Waals surface area contributed by atoms with Crippen molar-refractivity contribution in [1.82, 2.24) is 15.1 Å². The van der Waals surface area contributed by atoms with E-state index in [9.17, 15) is 9.18 Å². The number of rotatable bonds is 5. The first-order valence-electron chi connectivity index (χ1n) is 10.7. The van der Waals surface area contributed by atoms with Crippen LogP contribution in [0, 0.1) is 5.82 Å². The Hall–Kier alpha value is -2.60. The number of carbonyl (C=O) groups is 1. The van der Waals surface area contributed by atoms with Crippen LogP contribution in [0.4, 0.5) is 9.18 Å². The van der Waals surface area contributed by atoms with Crippen molar-refractivity contribution in [1.29, 1.82) is 0 Å². The van der Waals surface area contributed by atoms with Crippen LogP contribution < -0.4 is 10.1 Å². The van der Waals surface area contributed by atoms with Gasteiger partial charge in [-0.25, -0.2) is 9.18 Å². The molecule has 5 nitrogen and oxygen atoms in total. The van der Waals surface area contributed by atoms with Gasteiger partial charge in [0.15, 0.2) is 0 Å². The summed E-state index contributed by atoms with van der Waals surface area (Å²) in [6.07, 6.45) is 3.00. The van der Waals surface area contributed by atoms with Gasteiger partial charge in [0.05, 0.1) is 0 Å². The third-order valence-electron chi connectivity index (χ3n) is 6.06. The second-order valence-corrected chi connectivity index (χ2v) is 8.52. The maximum Gasteiger partial charge on any atom is 0.318 e. The number of halogens is 1. The Morgan fingerprint density at radius 3 is 2.60 bits per heavy atom. The van der Waals surface area contributed by atoms with Gasteiger partial charge in [-0.05, 0) is 74.8 Å². The molecule has 0 radical (unpaired) electrons. The number of urea groups is 1. The fraction of sp³-hybridized carbons (Fsp3) is 0.458. The lowest BCUT2D eigenvalue weighted by molar-refractivity contribution is 0.127. The van der Waals surface area contributed by atoms with Gasteiger partial charge in [0.2, 0.25) is 0 Å². The Bertz CT molecular complexity index is 879. The molecule has 0 bridgehead atoms. The van der Waals surface area contributed by atoms with Crippen LogP contribution in [-0.4, -0.2) is 48.1 Å². The molecule has 1 saturated heterocycles. The van der Waals surface area contributed by atoms with Gasteiger partial charge in [0.1, 0.15) is 17.7 Å². The van der Waals surface area contributed by atoms with E-state index < -0.39 is 0 Å². The molecule has 2 aliphatic heterocycles. The van der Waals surface area contributed by atoms with E-state index in [-0.39, 0.29) is 24.0 Å². The number of benzene rings is 2.